The number of ketones is 1. The fraction of sp³-hybridized carbons (Fsp3) is 0.200. The third-order valence-corrected chi connectivity index (χ3v) is 4.07. The number of aromatic nitrogens is 5. The minimum Gasteiger partial charge on any atom is -0.371 e. The van der Waals surface area contributed by atoms with Gasteiger partial charge in [0.15, 0.2) is 16.6 Å². The highest BCUT2D eigenvalue weighted by Crippen LogP contribution is 2.34. The van der Waals surface area contributed by atoms with E-state index < -0.39 is 0 Å². The predicted molar refractivity (Wildman–Crippen MR) is 94.1 cm³/mol. The van der Waals surface area contributed by atoms with E-state index in [4.69, 9.17) is 0 Å². The molecule has 3 rings (SSSR count). The molecule has 0 aliphatic carbocycles. The van der Waals surface area contributed by atoms with Crippen LogP contribution in [-0.4, -0.2) is 37.6 Å². The average molecular weight is 367 g/mol. The number of hydrogen-bond acceptors (Lipinski definition) is 10. The van der Waals surface area contributed by atoms with Crippen molar-refractivity contribution in [1.82, 2.24) is 24.7 Å². The molecular weight excluding hydrogens is 354 g/mol. The Balaban J connectivity index is 1.99. The lowest BCUT2D eigenvalue weighted by atomic mass is 10.3. The van der Waals surface area contributed by atoms with Crippen molar-refractivity contribution in [2.45, 2.75) is 13.3 Å². The number of anilines is 1. The predicted octanol–water partition coefficient (Wildman–Crippen LogP) is 2.58. The molecule has 3 aromatic rings. The minimum absolute atomic E-state index is 0.0101. The third kappa shape index (κ3) is 3.60. The van der Waals surface area contributed by atoms with Crippen LogP contribution in [0, 0.1) is 11.3 Å². The number of carbonyl (C=O) groups is 1. The number of azo groups is 1. The highest BCUT2D eigenvalue weighted by atomic mass is 32.1. The average Bonchev–Trinajstić information content (AvgIpc) is 3.23. The van der Waals surface area contributed by atoms with Crippen molar-refractivity contribution >= 4 is 33.8 Å². The number of rotatable bonds is 6. The van der Waals surface area contributed by atoms with Crippen LogP contribution >= 0.6 is 11.3 Å². The summed E-state index contributed by atoms with van der Waals surface area (Å²) in [6.07, 6.45) is 4.73. The summed E-state index contributed by atoms with van der Waals surface area (Å²) in [5.74, 6) is 1.01. The van der Waals surface area contributed by atoms with Gasteiger partial charge in [0.1, 0.15) is 22.4 Å². The van der Waals surface area contributed by atoms with Crippen LogP contribution in [0.25, 0.3) is 5.95 Å². The van der Waals surface area contributed by atoms with Crippen molar-refractivity contribution in [3.05, 3.63) is 35.2 Å². The molecule has 0 unspecified atom stereocenters. The van der Waals surface area contributed by atoms with Crippen LogP contribution in [-0.2, 0) is 11.2 Å². The van der Waals surface area contributed by atoms with E-state index in [9.17, 15) is 10.1 Å². The lowest BCUT2D eigenvalue weighted by molar-refractivity contribution is -0.116. The molecule has 10 nitrogen and oxygen atoms in total. The van der Waals surface area contributed by atoms with Crippen molar-refractivity contribution in [3.63, 3.8) is 0 Å². The van der Waals surface area contributed by atoms with Crippen molar-refractivity contribution in [3.8, 4) is 12.0 Å². The number of nitrogens with zero attached hydrogens (tertiary/aromatic N) is 8. The van der Waals surface area contributed by atoms with E-state index in [1.165, 1.54) is 29.1 Å². The molecule has 3 aromatic heterocycles. The Morgan fingerprint density at radius 3 is 2.81 bits per heavy atom. The molecule has 0 aromatic carbocycles. The van der Waals surface area contributed by atoms with Crippen LogP contribution in [0.15, 0.2) is 34.9 Å². The SMILES string of the molecule is CNc1nc(CC(C)=O)sc1/N=N/c1c(C#N)cnn1-c1ncccn1. The van der Waals surface area contributed by atoms with Gasteiger partial charge in [0, 0.05) is 19.4 Å². The van der Waals surface area contributed by atoms with Crippen LogP contribution in [0.1, 0.15) is 17.5 Å². The zero-order valence-corrected chi connectivity index (χ0v) is 14.7. The summed E-state index contributed by atoms with van der Waals surface area (Å²) >= 11 is 1.25. The van der Waals surface area contributed by atoms with E-state index in [1.807, 2.05) is 6.07 Å². The standard InChI is InChI=1S/C15H13N9OS/c1-9(25)6-11-21-12(17-2)14(26-11)23-22-13-10(7-16)8-20-24(13)15-18-4-3-5-19-15/h3-5,8,17H,6H2,1-2H3/b23-22+. The Morgan fingerprint density at radius 1 is 1.38 bits per heavy atom. The van der Waals surface area contributed by atoms with Gasteiger partial charge in [0.2, 0.25) is 0 Å². The van der Waals surface area contributed by atoms with Crippen molar-refractivity contribution < 1.29 is 4.79 Å². The maximum absolute atomic E-state index is 11.3. The molecule has 26 heavy (non-hydrogen) atoms. The number of nitriles is 1. The zero-order chi connectivity index (χ0) is 18.5. The summed E-state index contributed by atoms with van der Waals surface area (Å²) < 4.78 is 1.33. The Hall–Kier alpha value is -3.52. The Morgan fingerprint density at radius 2 is 2.15 bits per heavy atom. The lowest BCUT2D eigenvalue weighted by Gasteiger charge is -2.00. The Labute approximate surface area is 152 Å². The van der Waals surface area contributed by atoms with E-state index in [0.29, 0.717) is 15.8 Å². The second-order valence-electron chi connectivity index (χ2n) is 5.04. The van der Waals surface area contributed by atoms with E-state index >= 15 is 0 Å². The molecule has 11 heteroatoms. The number of Topliss-reactive ketones (excluding diaryl/α,β-unsaturated/α-hetero) is 1. The fourth-order valence-corrected chi connectivity index (χ4v) is 2.99. The molecule has 3 heterocycles. The first kappa shape index (κ1) is 17.3. The minimum atomic E-state index is 0.0101. The molecule has 0 saturated carbocycles. The molecule has 0 aliphatic heterocycles. The quantitative estimate of drug-likeness (QED) is 0.662. The summed E-state index contributed by atoms with van der Waals surface area (Å²) in [5, 5.41) is 25.8. The lowest BCUT2D eigenvalue weighted by Crippen LogP contribution is -2.01. The monoisotopic (exact) mass is 367 g/mol. The van der Waals surface area contributed by atoms with Crippen molar-refractivity contribution in [2.75, 3.05) is 12.4 Å². The van der Waals surface area contributed by atoms with E-state index in [1.54, 1.807) is 25.5 Å². The Kier molecular flexibility index (Phi) is 5.04. The molecule has 0 atom stereocenters. The first-order valence-electron chi connectivity index (χ1n) is 7.46. The van der Waals surface area contributed by atoms with Crippen molar-refractivity contribution in [1.29, 1.82) is 5.26 Å². The van der Waals surface area contributed by atoms with Gasteiger partial charge in [-0.1, -0.05) is 11.3 Å². The van der Waals surface area contributed by atoms with Gasteiger partial charge in [-0.15, -0.1) is 10.2 Å². The van der Waals surface area contributed by atoms with Crippen LogP contribution in [0.5, 0.6) is 0 Å². The molecule has 0 amide bonds. The van der Waals surface area contributed by atoms with Crippen LogP contribution in [0.2, 0.25) is 0 Å². The molecule has 0 aliphatic rings. The molecule has 1 N–H and O–H groups in total. The molecule has 0 bridgehead atoms. The number of hydrogen-bond donors (Lipinski definition) is 1. The van der Waals surface area contributed by atoms with Gasteiger partial charge in [-0.2, -0.15) is 15.0 Å². The van der Waals surface area contributed by atoms with Gasteiger partial charge < -0.3 is 5.32 Å². The van der Waals surface area contributed by atoms with Crippen LogP contribution in [0.4, 0.5) is 16.6 Å². The highest BCUT2D eigenvalue weighted by Gasteiger charge is 2.15. The first-order chi connectivity index (χ1) is 12.6. The fourth-order valence-electron chi connectivity index (χ4n) is 2.03. The highest BCUT2D eigenvalue weighted by molar-refractivity contribution is 7.16. The maximum atomic E-state index is 11.3. The first-order valence-corrected chi connectivity index (χ1v) is 8.28. The van der Waals surface area contributed by atoms with Gasteiger partial charge in [-0.25, -0.2) is 15.0 Å². The molecule has 0 radical (unpaired) electrons. The molecule has 130 valence electrons. The largest absolute Gasteiger partial charge is 0.371 e. The van der Waals surface area contributed by atoms with Crippen LogP contribution in [0.3, 0.4) is 0 Å². The summed E-state index contributed by atoms with van der Waals surface area (Å²) in [6.45, 7) is 1.50. The normalized spacial score (nSPS) is 10.8. The molecule has 0 spiro atoms. The second kappa shape index (κ2) is 7.58. The van der Waals surface area contributed by atoms with Gasteiger partial charge in [0.25, 0.3) is 5.95 Å². The summed E-state index contributed by atoms with van der Waals surface area (Å²) in [6, 6.07) is 3.69. The van der Waals surface area contributed by atoms with E-state index in [0.717, 1.165) is 0 Å². The summed E-state index contributed by atoms with van der Waals surface area (Å²) in [7, 11) is 1.70. The molecule has 0 saturated heterocycles. The molecule has 0 fully saturated rings. The Bertz CT molecular complexity index is 1000. The third-order valence-electron chi connectivity index (χ3n) is 3.13. The van der Waals surface area contributed by atoms with E-state index in [2.05, 4.69) is 35.6 Å². The van der Waals surface area contributed by atoms with E-state index in [-0.39, 0.29) is 29.5 Å². The number of carbonyl (C=O) groups excluding carboxylic acids is 1. The number of nitrogens with one attached hydrogen (secondary N) is 1. The maximum Gasteiger partial charge on any atom is 0.252 e. The second-order valence-corrected chi connectivity index (χ2v) is 6.11. The topological polar surface area (TPSA) is 134 Å². The zero-order valence-electron chi connectivity index (χ0n) is 13.9. The van der Waals surface area contributed by atoms with Gasteiger partial charge in [0.05, 0.1) is 12.6 Å². The summed E-state index contributed by atoms with van der Waals surface area (Å²) in [5.41, 5.74) is 0.237. The number of thiazole rings is 1. The van der Waals surface area contributed by atoms with Crippen LogP contribution < -0.4 is 5.32 Å². The summed E-state index contributed by atoms with van der Waals surface area (Å²) in [4.78, 5) is 23.8. The smallest absolute Gasteiger partial charge is 0.252 e. The van der Waals surface area contributed by atoms with Gasteiger partial charge in [-0.3, -0.25) is 4.79 Å². The van der Waals surface area contributed by atoms with Gasteiger partial charge in [-0.05, 0) is 13.0 Å². The molecular formula is C15H13N9OS. The van der Waals surface area contributed by atoms with Gasteiger partial charge >= 0.3 is 0 Å². The van der Waals surface area contributed by atoms with Crippen molar-refractivity contribution in [2.24, 2.45) is 10.2 Å².